The van der Waals surface area contributed by atoms with Gasteiger partial charge in [-0.05, 0) is 56.3 Å². The second-order valence-electron chi connectivity index (χ2n) is 8.66. The van der Waals surface area contributed by atoms with Gasteiger partial charge in [-0.3, -0.25) is 0 Å². The zero-order valence-electron chi connectivity index (χ0n) is 19.0. The first kappa shape index (κ1) is 25.9. The first-order valence-corrected chi connectivity index (χ1v) is 11.8. The van der Waals surface area contributed by atoms with Crippen LogP contribution in [0.2, 0.25) is 0 Å². The van der Waals surface area contributed by atoms with Crippen molar-refractivity contribution in [2.45, 2.75) is 125 Å². The minimum Gasteiger partial charge on any atom is -0.352 e. The molecule has 0 heterocycles. The lowest BCUT2D eigenvalue weighted by molar-refractivity contribution is -0.162. The first-order valence-electron chi connectivity index (χ1n) is 11.8. The molecule has 0 aliphatic rings. The molecular weight excluding hydrogens is 320 g/mol. The lowest BCUT2D eigenvalue weighted by atomic mass is 9.99. The Morgan fingerprint density at radius 2 is 0.923 bits per heavy atom. The average molecular weight is 371 g/mol. The summed E-state index contributed by atoms with van der Waals surface area (Å²) >= 11 is 0. The molecule has 0 radical (unpaired) electrons. The molecule has 0 bridgehead atoms. The highest BCUT2D eigenvalue weighted by Crippen LogP contribution is 2.20. The third kappa shape index (κ3) is 15.0. The quantitative estimate of drug-likeness (QED) is 0.169. The van der Waals surface area contributed by atoms with Crippen molar-refractivity contribution in [2.24, 2.45) is 17.8 Å². The van der Waals surface area contributed by atoms with E-state index >= 15 is 0 Å². The van der Waals surface area contributed by atoms with Gasteiger partial charge in [0.15, 0.2) is 6.29 Å². The summed E-state index contributed by atoms with van der Waals surface area (Å²) in [7, 11) is 0. The monoisotopic (exact) mass is 370 g/mol. The Bertz CT molecular complexity index is 245. The summed E-state index contributed by atoms with van der Waals surface area (Å²) in [6, 6.07) is 0. The molecule has 0 unspecified atom stereocenters. The fourth-order valence-electron chi connectivity index (χ4n) is 3.82. The molecule has 0 aromatic carbocycles. The van der Waals surface area contributed by atoms with Crippen LogP contribution < -0.4 is 0 Å². The standard InChI is InChI=1S/C24H50O2/c1-7-13-22(14-8-2)19-25-24(18-12-11-17-21(5)6)26-20-23(15-9-3)16-10-4/h21-24H,7-20H2,1-6H3. The highest BCUT2D eigenvalue weighted by Gasteiger charge is 2.16. The third-order valence-electron chi connectivity index (χ3n) is 5.29. The second-order valence-corrected chi connectivity index (χ2v) is 8.66. The van der Waals surface area contributed by atoms with Gasteiger partial charge in [-0.25, -0.2) is 0 Å². The Morgan fingerprint density at radius 3 is 1.27 bits per heavy atom. The Hall–Kier alpha value is -0.0800. The van der Waals surface area contributed by atoms with Crippen LogP contribution in [0, 0.1) is 17.8 Å². The predicted molar refractivity (Wildman–Crippen MR) is 116 cm³/mol. The van der Waals surface area contributed by atoms with Crippen LogP contribution in [0.4, 0.5) is 0 Å². The van der Waals surface area contributed by atoms with Crippen LogP contribution in [0.3, 0.4) is 0 Å². The van der Waals surface area contributed by atoms with Gasteiger partial charge in [-0.15, -0.1) is 0 Å². The lowest BCUT2D eigenvalue weighted by Crippen LogP contribution is -2.24. The van der Waals surface area contributed by atoms with E-state index in [0.717, 1.165) is 25.6 Å². The normalized spacial score (nSPS) is 12.2. The van der Waals surface area contributed by atoms with E-state index in [9.17, 15) is 0 Å². The van der Waals surface area contributed by atoms with Gasteiger partial charge in [-0.2, -0.15) is 0 Å². The van der Waals surface area contributed by atoms with E-state index < -0.39 is 0 Å². The summed E-state index contributed by atoms with van der Waals surface area (Å²) < 4.78 is 12.6. The summed E-state index contributed by atoms with van der Waals surface area (Å²) in [5, 5.41) is 0. The van der Waals surface area contributed by atoms with E-state index in [0.29, 0.717) is 11.8 Å². The maximum absolute atomic E-state index is 6.30. The van der Waals surface area contributed by atoms with E-state index in [1.54, 1.807) is 0 Å². The van der Waals surface area contributed by atoms with Gasteiger partial charge in [0.25, 0.3) is 0 Å². The van der Waals surface area contributed by atoms with Gasteiger partial charge < -0.3 is 9.47 Å². The summed E-state index contributed by atoms with van der Waals surface area (Å²) in [6.45, 7) is 15.5. The largest absolute Gasteiger partial charge is 0.352 e. The van der Waals surface area contributed by atoms with Gasteiger partial charge >= 0.3 is 0 Å². The van der Waals surface area contributed by atoms with Crippen molar-refractivity contribution >= 4 is 0 Å². The molecule has 0 atom stereocenters. The molecule has 2 nitrogen and oxygen atoms in total. The van der Waals surface area contributed by atoms with E-state index in [1.165, 1.54) is 70.6 Å². The summed E-state index contributed by atoms with van der Waals surface area (Å²) in [5.41, 5.74) is 0. The Kier molecular flexibility index (Phi) is 18.2. The van der Waals surface area contributed by atoms with Gasteiger partial charge in [0.1, 0.15) is 0 Å². The summed E-state index contributed by atoms with van der Waals surface area (Å²) in [4.78, 5) is 0. The molecule has 158 valence electrons. The molecule has 2 heteroatoms. The van der Waals surface area contributed by atoms with Gasteiger partial charge in [0.05, 0.1) is 13.2 Å². The molecule has 0 spiro atoms. The number of unbranched alkanes of at least 4 members (excludes halogenated alkanes) is 1. The highest BCUT2D eigenvalue weighted by atomic mass is 16.7. The first-order chi connectivity index (χ1) is 12.6. The molecule has 0 N–H and O–H groups in total. The molecule has 0 saturated heterocycles. The van der Waals surface area contributed by atoms with Crippen LogP contribution >= 0.6 is 0 Å². The van der Waals surface area contributed by atoms with Crippen molar-refractivity contribution in [2.75, 3.05) is 13.2 Å². The summed E-state index contributed by atoms with van der Waals surface area (Å²) in [6.07, 6.45) is 15.0. The number of hydrogen-bond donors (Lipinski definition) is 0. The van der Waals surface area contributed by atoms with E-state index in [2.05, 4.69) is 41.5 Å². The molecule has 0 aromatic heterocycles. The summed E-state index contributed by atoms with van der Waals surface area (Å²) in [5.74, 6) is 2.20. The Labute approximate surface area is 165 Å². The average Bonchev–Trinajstić information content (AvgIpc) is 2.60. The predicted octanol–water partition coefficient (Wildman–Crippen LogP) is 7.99. The fraction of sp³-hybridized carbons (Fsp3) is 1.00. The molecule has 0 aromatic rings. The van der Waals surface area contributed by atoms with Crippen molar-refractivity contribution < 1.29 is 9.47 Å². The van der Waals surface area contributed by atoms with Gasteiger partial charge in [0.2, 0.25) is 0 Å². The van der Waals surface area contributed by atoms with Crippen molar-refractivity contribution in [3.63, 3.8) is 0 Å². The van der Waals surface area contributed by atoms with Gasteiger partial charge in [-0.1, -0.05) is 80.1 Å². The molecular formula is C24H50O2. The zero-order chi connectivity index (χ0) is 19.6. The molecule has 26 heavy (non-hydrogen) atoms. The van der Waals surface area contributed by atoms with Crippen molar-refractivity contribution in [3.8, 4) is 0 Å². The minimum absolute atomic E-state index is 0.00888. The topological polar surface area (TPSA) is 18.5 Å². The molecule has 0 amide bonds. The van der Waals surface area contributed by atoms with Gasteiger partial charge in [0, 0.05) is 0 Å². The zero-order valence-corrected chi connectivity index (χ0v) is 19.0. The fourth-order valence-corrected chi connectivity index (χ4v) is 3.82. The number of hydrogen-bond acceptors (Lipinski definition) is 2. The third-order valence-corrected chi connectivity index (χ3v) is 5.29. The van der Waals surface area contributed by atoms with Crippen LogP contribution in [0.25, 0.3) is 0 Å². The SMILES string of the molecule is CCCC(CCC)COC(CCCCC(C)C)OCC(CCC)CCC. The Balaban J connectivity index is 4.45. The molecule has 0 rings (SSSR count). The number of ether oxygens (including phenoxy) is 2. The van der Waals surface area contributed by atoms with Crippen LogP contribution in [0.5, 0.6) is 0 Å². The van der Waals surface area contributed by atoms with Crippen LogP contribution in [0.1, 0.15) is 119 Å². The van der Waals surface area contributed by atoms with Crippen LogP contribution in [0.15, 0.2) is 0 Å². The van der Waals surface area contributed by atoms with E-state index in [-0.39, 0.29) is 6.29 Å². The van der Waals surface area contributed by atoms with Crippen LogP contribution in [-0.2, 0) is 9.47 Å². The molecule has 0 fully saturated rings. The highest BCUT2D eigenvalue weighted by molar-refractivity contribution is 4.61. The second kappa shape index (κ2) is 18.3. The minimum atomic E-state index is 0.00888. The maximum Gasteiger partial charge on any atom is 0.157 e. The molecule has 0 aliphatic carbocycles. The van der Waals surface area contributed by atoms with Crippen molar-refractivity contribution in [1.29, 1.82) is 0 Å². The van der Waals surface area contributed by atoms with Crippen molar-refractivity contribution in [3.05, 3.63) is 0 Å². The van der Waals surface area contributed by atoms with E-state index in [4.69, 9.17) is 9.47 Å². The van der Waals surface area contributed by atoms with Crippen LogP contribution in [-0.4, -0.2) is 19.5 Å². The maximum atomic E-state index is 6.30. The van der Waals surface area contributed by atoms with E-state index in [1.807, 2.05) is 0 Å². The Morgan fingerprint density at radius 1 is 0.538 bits per heavy atom. The lowest BCUT2D eigenvalue weighted by Gasteiger charge is -2.25. The van der Waals surface area contributed by atoms with Crippen molar-refractivity contribution in [1.82, 2.24) is 0 Å². The molecule has 0 aliphatic heterocycles. The number of rotatable bonds is 19. The smallest absolute Gasteiger partial charge is 0.157 e. The molecule has 0 saturated carbocycles.